The normalized spacial score (nSPS) is 20.8. The maximum Gasteiger partial charge on any atom is 0.251 e. The van der Waals surface area contributed by atoms with E-state index in [2.05, 4.69) is 55.4 Å². The van der Waals surface area contributed by atoms with Crippen molar-refractivity contribution in [1.82, 2.24) is 36.2 Å². The van der Waals surface area contributed by atoms with Crippen LogP contribution in [-0.2, 0) is 16.0 Å². The summed E-state index contributed by atoms with van der Waals surface area (Å²) in [6.45, 7) is 5.90. The highest BCUT2D eigenvalue weighted by Gasteiger charge is 2.30. The number of benzene rings is 3. The van der Waals surface area contributed by atoms with Gasteiger partial charge in [0.1, 0.15) is 6.04 Å². The fourth-order valence-corrected chi connectivity index (χ4v) is 7.75. The van der Waals surface area contributed by atoms with Crippen molar-refractivity contribution in [2.75, 3.05) is 25.5 Å². The Kier molecular flexibility index (Phi) is 12.6. The molecule has 3 amide bonds. The lowest BCUT2D eigenvalue weighted by atomic mass is 9.81. The molecule has 280 valence electrons. The molecule has 2 fully saturated rings. The highest BCUT2D eigenvalue weighted by molar-refractivity contribution is 5.98. The van der Waals surface area contributed by atoms with Gasteiger partial charge in [-0.05, 0) is 153 Å². The number of hydrogen-bond acceptors (Lipinski definition) is 8. The summed E-state index contributed by atoms with van der Waals surface area (Å²) in [5.74, 6) is 0.429. The quantitative estimate of drug-likeness (QED) is 0.125. The van der Waals surface area contributed by atoms with Crippen molar-refractivity contribution in [1.29, 1.82) is 0 Å². The molecule has 1 heterocycles. The largest absolute Gasteiger partial charge is 0.349 e. The van der Waals surface area contributed by atoms with E-state index >= 15 is 0 Å². The summed E-state index contributed by atoms with van der Waals surface area (Å²) in [6.07, 6.45) is 7.92. The van der Waals surface area contributed by atoms with Crippen molar-refractivity contribution in [3.05, 3.63) is 83.4 Å². The second-order valence-electron chi connectivity index (χ2n) is 14.8. The summed E-state index contributed by atoms with van der Waals surface area (Å²) in [6, 6.07) is 21.2. The molecule has 2 aliphatic rings. The van der Waals surface area contributed by atoms with Crippen LogP contribution < -0.4 is 21.7 Å². The molecule has 0 aliphatic heterocycles. The van der Waals surface area contributed by atoms with Crippen LogP contribution in [-0.4, -0.2) is 81.5 Å². The number of nitrogens with one attached hydrogen (secondary N) is 4. The molecule has 4 aromatic rings. The topological polar surface area (TPSA) is 171 Å². The van der Waals surface area contributed by atoms with Gasteiger partial charge in [-0.25, -0.2) is 5.10 Å². The second kappa shape index (κ2) is 17.7. The Morgan fingerprint density at radius 2 is 1.60 bits per heavy atom. The van der Waals surface area contributed by atoms with E-state index in [4.69, 9.17) is 5.73 Å². The Hall–Kier alpha value is -4.94. The molecule has 6 N–H and O–H groups in total. The van der Waals surface area contributed by atoms with Gasteiger partial charge in [0.15, 0.2) is 5.82 Å². The van der Waals surface area contributed by atoms with Crippen LogP contribution in [0.5, 0.6) is 0 Å². The highest BCUT2D eigenvalue weighted by Crippen LogP contribution is 2.29. The van der Waals surface area contributed by atoms with Crippen molar-refractivity contribution < 1.29 is 14.4 Å². The second-order valence-corrected chi connectivity index (χ2v) is 14.8. The fourth-order valence-electron chi connectivity index (χ4n) is 7.75. The number of nitrogens with two attached hydrogens (primary N) is 1. The summed E-state index contributed by atoms with van der Waals surface area (Å²) < 4.78 is 0. The summed E-state index contributed by atoms with van der Waals surface area (Å²) in [4.78, 5) is 42.8. The van der Waals surface area contributed by atoms with E-state index in [1.165, 1.54) is 0 Å². The summed E-state index contributed by atoms with van der Waals surface area (Å²) in [5, 5.41) is 23.2. The van der Waals surface area contributed by atoms with Crippen molar-refractivity contribution in [3.8, 4) is 22.5 Å². The summed E-state index contributed by atoms with van der Waals surface area (Å²) in [7, 11) is 2.18. The van der Waals surface area contributed by atoms with Gasteiger partial charge in [0.05, 0.1) is 0 Å². The summed E-state index contributed by atoms with van der Waals surface area (Å²) >= 11 is 0. The van der Waals surface area contributed by atoms with Crippen LogP contribution in [0.25, 0.3) is 22.5 Å². The molecular formula is C41H53N9O3. The zero-order valence-corrected chi connectivity index (χ0v) is 31.1. The Morgan fingerprint density at radius 3 is 2.23 bits per heavy atom. The number of rotatable bonds is 13. The van der Waals surface area contributed by atoms with Crippen LogP contribution in [0.4, 0.5) is 5.69 Å². The number of anilines is 1. The number of tetrazole rings is 1. The van der Waals surface area contributed by atoms with E-state index in [1.54, 1.807) is 12.1 Å². The zero-order chi connectivity index (χ0) is 37.3. The molecule has 2 aliphatic carbocycles. The summed E-state index contributed by atoms with van der Waals surface area (Å²) in [5.41, 5.74) is 11.9. The minimum absolute atomic E-state index is 0.0239. The van der Waals surface area contributed by atoms with Crippen molar-refractivity contribution in [2.45, 2.75) is 89.8 Å². The number of carbonyl (C=O) groups is 3. The van der Waals surface area contributed by atoms with Gasteiger partial charge in [-0.2, -0.15) is 0 Å². The zero-order valence-electron chi connectivity index (χ0n) is 31.1. The average molecular weight is 720 g/mol. The minimum atomic E-state index is -0.777. The Balaban J connectivity index is 1.10. The van der Waals surface area contributed by atoms with Crippen molar-refractivity contribution in [3.63, 3.8) is 0 Å². The minimum Gasteiger partial charge on any atom is -0.349 e. The van der Waals surface area contributed by atoms with Gasteiger partial charge >= 0.3 is 0 Å². The molecule has 3 aromatic carbocycles. The first-order valence-corrected chi connectivity index (χ1v) is 19.1. The van der Waals surface area contributed by atoms with Crippen LogP contribution in [0.15, 0.2) is 66.7 Å². The van der Waals surface area contributed by atoms with Gasteiger partial charge in [0.2, 0.25) is 11.8 Å². The van der Waals surface area contributed by atoms with E-state index in [0.717, 1.165) is 85.7 Å². The third kappa shape index (κ3) is 9.74. The third-order valence-corrected chi connectivity index (χ3v) is 11.3. The van der Waals surface area contributed by atoms with E-state index < -0.39 is 6.04 Å². The van der Waals surface area contributed by atoms with Crippen LogP contribution in [0, 0.1) is 18.8 Å². The lowest BCUT2D eigenvalue weighted by Crippen LogP contribution is -2.48. The smallest absolute Gasteiger partial charge is 0.251 e. The van der Waals surface area contributed by atoms with E-state index in [-0.39, 0.29) is 29.7 Å². The highest BCUT2D eigenvalue weighted by atomic mass is 16.2. The molecule has 53 heavy (non-hydrogen) atoms. The molecule has 1 aromatic heterocycles. The number of aromatic amines is 1. The standard InChI is InChI=1S/C41H53N9O3/c1-4-50(3)35-20-18-34(19-21-35)43-40(52)32-15-22-36(26(2)23-32)29-9-5-27(6-10-29)24-37(45-39(51)31-11-7-28(25-42)8-12-31)41(53)44-33-16-13-30(14-17-33)38-46-48-49-47-38/h5-6,9-10,13-17,22-23,28,31,34-35,37H,4,7-8,11-12,18-21,24-25,42H2,1-3H3,(H,43,52)(H,44,53)(H,45,51)(H,46,47,48,49)/t28-,31-,34?,35?,37-/m0/s1. The molecule has 0 unspecified atom stereocenters. The Labute approximate surface area is 312 Å². The third-order valence-electron chi connectivity index (χ3n) is 11.3. The van der Waals surface area contributed by atoms with Crippen molar-refractivity contribution >= 4 is 23.4 Å². The number of aromatic nitrogens is 4. The SMILES string of the molecule is CCN(C)C1CCC(NC(=O)c2ccc(-c3ccc(C[C@H](NC(=O)[C@H]4CC[C@H](CN)CC4)C(=O)Nc4ccc(-c5nnn[nH]5)cc4)cc3)c(C)c2)CC1. The maximum absolute atomic E-state index is 13.7. The van der Waals surface area contributed by atoms with Gasteiger partial charge in [-0.1, -0.05) is 37.3 Å². The van der Waals surface area contributed by atoms with Crippen LogP contribution in [0.1, 0.15) is 79.8 Å². The van der Waals surface area contributed by atoms with Crippen LogP contribution in [0.3, 0.4) is 0 Å². The molecule has 0 bridgehead atoms. The fraction of sp³-hybridized carbons (Fsp3) is 0.463. The number of aryl methyl sites for hydroxylation is 1. The molecule has 2 saturated carbocycles. The molecule has 0 spiro atoms. The predicted molar refractivity (Wildman–Crippen MR) is 207 cm³/mol. The Bertz CT molecular complexity index is 1810. The monoisotopic (exact) mass is 719 g/mol. The number of nitrogens with zero attached hydrogens (tertiary/aromatic N) is 4. The molecule has 0 saturated heterocycles. The molecule has 12 nitrogen and oxygen atoms in total. The van der Waals surface area contributed by atoms with Gasteiger partial charge < -0.3 is 26.6 Å². The molecule has 6 rings (SSSR count). The van der Waals surface area contributed by atoms with Crippen LogP contribution >= 0.6 is 0 Å². The van der Waals surface area contributed by atoms with Crippen LogP contribution in [0.2, 0.25) is 0 Å². The predicted octanol–water partition coefficient (Wildman–Crippen LogP) is 5.27. The van der Waals surface area contributed by atoms with Gasteiger partial charge in [-0.3, -0.25) is 14.4 Å². The van der Waals surface area contributed by atoms with E-state index in [9.17, 15) is 14.4 Å². The number of carbonyl (C=O) groups excluding carboxylic acids is 3. The number of H-pyrrole nitrogens is 1. The first kappa shape index (κ1) is 37.8. The molecule has 12 heteroatoms. The lowest BCUT2D eigenvalue weighted by molar-refractivity contribution is -0.130. The first-order valence-electron chi connectivity index (χ1n) is 19.1. The number of hydrogen-bond donors (Lipinski definition) is 5. The van der Waals surface area contributed by atoms with Gasteiger partial charge in [0, 0.05) is 41.2 Å². The average Bonchev–Trinajstić information content (AvgIpc) is 3.73. The van der Waals surface area contributed by atoms with E-state index in [1.807, 2.05) is 61.5 Å². The van der Waals surface area contributed by atoms with Gasteiger partial charge in [-0.15, -0.1) is 5.10 Å². The van der Waals surface area contributed by atoms with E-state index in [0.29, 0.717) is 42.0 Å². The van der Waals surface area contributed by atoms with Crippen molar-refractivity contribution in [2.24, 2.45) is 17.6 Å². The lowest BCUT2D eigenvalue weighted by Gasteiger charge is -2.34. The molecule has 0 radical (unpaired) electrons. The van der Waals surface area contributed by atoms with Gasteiger partial charge in [0.25, 0.3) is 5.91 Å². The number of amides is 3. The molecule has 1 atom stereocenters. The Morgan fingerprint density at radius 1 is 0.906 bits per heavy atom. The molecular weight excluding hydrogens is 667 g/mol. The maximum atomic E-state index is 13.7. The first-order chi connectivity index (χ1) is 25.7.